The molecule has 16 nitrogen and oxygen atoms in total. The molecule has 22 heteroatoms. The summed E-state index contributed by atoms with van der Waals surface area (Å²) in [5.74, 6) is 13.1. The van der Waals surface area contributed by atoms with Crippen LogP contribution in [0.25, 0.3) is 22.3 Å². The van der Waals surface area contributed by atoms with E-state index in [0.717, 1.165) is 96.0 Å². The molecule has 0 bridgehead atoms. The van der Waals surface area contributed by atoms with Crippen molar-refractivity contribution in [3.8, 4) is 45.9 Å². The van der Waals surface area contributed by atoms with Crippen molar-refractivity contribution in [3.05, 3.63) is 142 Å². The molecule has 0 spiro atoms. The Morgan fingerprint density at radius 2 is 1.09 bits per heavy atom. The Labute approximate surface area is 489 Å². The van der Waals surface area contributed by atoms with E-state index < -0.39 is 47.2 Å². The van der Waals surface area contributed by atoms with Crippen LogP contribution in [0.4, 0.5) is 54.1 Å². The molecule has 0 aliphatic carbocycles. The highest BCUT2D eigenvalue weighted by molar-refractivity contribution is 6.05. The first-order valence-electron chi connectivity index (χ1n) is 27.9. The molecule has 3 amide bonds. The summed E-state index contributed by atoms with van der Waals surface area (Å²) in [6.45, 7) is 16.0. The number of alkyl halides is 6. The summed E-state index contributed by atoms with van der Waals surface area (Å²) in [7, 11) is 0. The van der Waals surface area contributed by atoms with Gasteiger partial charge in [0, 0.05) is 67.6 Å². The number of halogens is 6. The van der Waals surface area contributed by atoms with Crippen LogP contribution in [0.2, 0.25) is 0 Å². The molecule has 4 saturated heterocycles. The molecule has 0 unspecified atom stereocenters. The molecule has 8 heterocycles. The molecule has 6 aromatic rings. The van der Waals surface area contributed by atoms with Crippen LogP contribution >= 0.6 is 0 Å². The Balaban J connectivity index is 0.000000206. The monoisotopic (exact) mass is 1170 g/mol. The molecular weight excluding hydrogens is 1110 g/mol. The fourth-order valence-corrected chi connectivity index (χ4v) is 9.84. The Morgan fingerprint density at radius 1 is 0.612 bits per heavy atom. The first-order valence-corrected chi connectivity index (χ1v) is 27.9. The molecule has 0 saturated carbocycles. The van der Waals surface area contributed by atoms with Gasteiger partial charge in [0.2, 0.25) is 0 Å². The summed E-state index contributed by atoms with van der Waals surface area (Å²) >= 11 is 0. The van der Waals surface area contributed by atoms with Crippen LogP contribution in [0.1, 0.15) is 101 Å². The standard InChI is InChI=1S/C34H36F3N5O4.C29H28F3N5O2/c1-22-7-8-26(40-31(43)23-11-12-38-29(19-23)34(35,36)37)21-28(22)24-18-25(39-30(20-24)41-14-16-45-17-15-41)9-10-27-6-5-13-42(27)32(44)46-33(2,3)4;1-19-4-5-24(36-28(38)20-8-10-34-26(16-20)29(30,31)32)18-25(19)21-15-23(7-6-22-3-2-9-33-22)35-27(17-21)37-11-13-39-14-12-37/h7-8,11-12,18-21,27H,5-6,13-17H2,1-4H3,(H,40,43);4-5,8,10,15-18,22,33H,2-3,9,11-14H2,1H3,(H,36,38)/t27-;22-/m00/s1. The maximum Gasteiger partial charge on any atom is 0.433 e. The second-order valence-corrected chi connectivity index (χ2v) is 21.7. The highest BCUT2D eigenvalue weighted by Crippen LogP contribution is 2.34. The number of benzene rings is 2. The van der Waals surface area contributed by atoms with Crippen molar-refractivity contribution in [2.24, 2.45) is 0 Å². The minimum Gasteiger partial charge on any atom is -0.444 e. The summed E-state index contributed by atoms with van der Waals surface area (Å²) in [6.07, 6.45) is -4.11. The second kappa shape index (κ2) is 26.6. The first-order chi connectivity index (χ1) is 40.5. The predicted octanol–water partition coefficient (Wildman–Crippen LogP) is 11.0. The highest BCUT2D eigenvalue weighted by Gasteiger charge is 2.35. The molecule has 2 atom stereocenters. The third kappa shape index (κ3) is 16.4. The summed E-state index contributed by atoms with van der Waals surface area (Å²) < 4.78 is 95.3. The second-order valence-electron chi connectivity index (χ2n) is 21.7. The Bertz CT molecular complexity index is 3550. The predicted molar refractivity (Wildman–Crippen MR) is 310 cm³/mol. The zero-order valence-corrected chi connectivity index (χ0v) is 47.6. The average Bonchev–Trinajstić information content (AvgIpc) is 4.15. The number of morpholine rings is 2. The van der Waals surface area contributed by atoms with Crippen molar-refractivity contribution >= 4 is 40.9 Å². The number of carbonyl (C=O) groups excluding carboxylic acids is 3. The molecular formula is C63H64F6N10O6. The normalized spacial score (nSPS) is 17.1. The van der Waals surface area contributed by atoms with Crippen LogP contribution < -0.4 is 25.8 Å². The SMILES string of the molecule is Cc1ccc(NC(=O)c2ccnc(C(F)(F)F)c2)cc1-c1cc(C#C[C@@H]2CCCN2)nc(N2CCOCC2)c1.Cc1ccc(NC(=O)c2ccnc(C(F)(F)F)c2)cc1-c1cc(C#C[C@@H]2CCCN2C(=O)OC(C)(C)C)nc(N2CCOCC2)c1. The molecule has 444 valence electrons. The molecule has 0 radical (unpaired) electrons. The van der Waals surface area contributed by atoms with Crippen LogP contribution in [0.15, 0.2) is 97.3 Å². The van der Waals surface area contributed by atoms with Gasteiger partial charge in [-0.05, 0) is 185 Å². The van der Waals surface area contributed by atoms with Crippen LogP contribution in [0.3, 0.4) is 0 Å². The minimum absolute atomic E-state index is 0.129. The summed E-state index contributed by atoms with van der Waals surface area (Å²) in [5.41, 5.74) is 4.07. The molecule has 4 aromatic heterocycles. The zero-order valence-electron chi connectivity index (χ0n) is 47.6. The van der Waals surface area contributed by atoms with Gasteiger partial charge in [-0.1, -0.05) is 24.0 Å². The number of likely N-dealkylation sites (tertiary alicyclic amines) is 1. The number of pyridine rings is 4. The van der Waals surface area contributed by atoms with E-state index in [1.807, 2.05) is 77.1 Å². The number of hydrogen-bond acceptors (Lipinski definition) is 13. The largest absolute Gasteiger partial charge is 0.444 e. The fraction of sp³-hybridized carbons (Fsp3) is 0.381. The van der Waals surface area contributed by atoms with Gasteiger partial charge < -0.3 is 40.0 Å². The van der Waals surface area contributed by atoms with Gasteiger partial charge in [0.15, 0.2) is 0 Å². The summed E-state index contributed by atoms with van der Waals surface area (Å²) in [6, 6.07) is 22.2. The number of nitrogens with zero attached hydrogens (tertiary/aromatic N) is 7. The zero-order chi connectivity index (χ0) is 60.5. The number of ether oxygens (including phenoxy) is 3. The third-order valence-corrected chi connectivity index (χ3v) is 14.2. The first kappa shape index (κ1) is 61.0. The molecule has 3 N–H and O–H groups in total. The van der Waals surface area contributed by atoms with Crippen LogP contribution in [0, 0.1) is 37.5 Å². The van der Waals surface area contributed by atoms with Gasteiger partial charge in [-0.3, -0.25) is 24.5 Å². The molecule has 4 aliphatic heterocycles. The number of nitrogens with one attached hydrogen (secondary N) is 3. The Kier molecular flexibility index (Phi) is 19.1. The van der Waals surface area contributed by atoms with Gasteiger partial charge >= 0.3 is 18.4 Å². The van der Waals surface area contributed by atoms with Gasteiger partial charge in [-0.25, -0.2) is 14.8 Å². The van der Waals surface area contributed by atoms with Crippen molar-refractivity contribution in [2.75, 3.05) is 86.1 Å². The van der Waals surface area contributed by atoms with Crippen LogP contribution in [-0.4, -0.2) is 126 Å². The van der Waals surface area contributed by atoms with E-state index in [2.05, 4.69) is 59.4 Å². The van der Waals surface area contributed by atoms with Crippen molar-refractivity contribution in [1.29, 1.82) is 0 Å². The van der Waals surface area contributed by atoms with Gasteiger partial charge in [-0.2, -0.15) is 26.3 Å². The lowest BCUT2D eigenvalue weighted by molar-refractivity contribution is -0.142. The summed E-state index contributed by atoms with van der Waals surface area (Å²) in [4.78, 5) is 60.7. The number of hydrogen-bond donors (Lipinski definition) is 3. The lowest BCUT2D eigenvalue weighted by Gasteiger charge is -2.28. The smallest absolute Gasteiger partial charge is 0.433 e. The maximum atomic E-state index is 13.2. The van der Waals surface area contributed by atoms with E-state index in [1.54, 1.807) is 23.1 Å². The Morgan fingerprint density at radius 3 is 1.54 bits per heavy atom. The Hall–Kier alpha value is -8.57. The topological polar surface area (TPSA) is 176 Å². The van der Waals surface area contributed by atoms with Gasteiger partial charge in [0.1, 0.15) is 40.0 Å². The van der Waals surface area contributed by atoms with E-state index in [4.69, 9.17) is 24.2 Å². The average molecular weight is 1170 g/mol. The van der Waals surface area contributed by atoms with Gasteiger partial charge in [0.05, 0.1) is 38.5 Å². The molecule has 4 fully saturated rings. The number of aryl methyl sites for hydroxylation is 2. The number of amides is 3. The number of rotatable bonds is 8. The van der Waals surface area contributed by atoms with Crippen LogP contribution in [0.5, 0.6) is 0 Å². The summed E-state index contributed by atoms with van der Waals surface area (Å²) in [5, 5.41) is 8.80. The number of anilines is 4. The molecule has 10 rings (SSSR count). The number of aromatic nitrogens is 4. The van der Waals surface area contributed by atoms with E-state index in [0.29, 0.717) is 87.7 Å². The van der Waals surface area contributed by atoms with Crippen LogP contribution in [-0.2, 0) is 26.6 Å². The van der Waals surface area contributed by atoms with Gasteiger partial charge in [0.25, 0.3) is 11.8 Å². The molecule has 4 aliphatic rings. The van der Waals surface area contributed by atoms with Crippen molar-refractivity contribution < 1.29 is 54.9 Å². The van der Waals surface area contributed by atoms with Crippen molar-refractivity contribution in [2.45, 2.75) is 90.3 Å². The van der Waals surface area contributed by atoms with E-state index in [1.165, 1.54) is 12.1 Å². The molecule has 85 heavy (non-hydrogen) atoms. The maximum absolute atomic E-state index is 13.2. The highest BCUT2D eigenvalue weighted by atomic mass is 19.4. The number of carbonyl (C=O) groups is 3. The lowest BCUT2D eigenvalue weighted by Crippen LogP contribution is -2.39. The minimum atomic E-state index is -4.67. The van der Waals surface area contributed by atoms with E-state index in [-0.39, 0.29) is 23.2 Å². The quantitative estimate of drug-likeness (QED) is 0.0970. The van der Waals surface area contributed by atoms with Crippen molar-refractivity contribution in [3.63, 3.8) is 0 Å². The fourth-order valence-electron chi connectivity index (χ4n) is 9.84. The van der Waals surface area contributed by atoms with Crippen molar-refractivity contribution in [1.82, 2.24) is 30.2 Å². The molecule has 2 aromatic carbocycles. The third-order valence-electron chi connectivity index (χ3n) is 14.2. The van der Waals surface area contributed by atoms with Gasteiger partial charge in [-0.15, -0.1) is 0 Å². The van der Waals surface area contributed by atoms with E-state index >= 15 is 0 Å². The lowest BCUT2D eigenvalue weighted by atomic mass is 9.99. The van der Waals surface area contributed by atoms with E-state index in [9.17, 15) is 40.7 Å².